The van der Waals surface area contributed by atoms with E-state index in [0.717, 1.165) is 34.6 Å². The van der Waals surface area contributed by atoms with Gasteiger partial charge in [-0.3, -0.25) is 5.84 Å². The van der Waals surface area contributed by atoms with Crippen LogP contribution >= 0.6 is 11.6 Å². The molecule has 3 N–H and O–H groups in total. The van der Waals surface area contributed by atoms with Gasteiger partial charge in [0.15, 0.2) is 0 Å². The highest BCUT2D eigenvalue weighted by Gasteiger charge is 2.14. The van der Waals surface area contributed by atoms with E-state index in [9.17, 15) is 0 Å². The predicted octanol–water partition coefficient (Wildman–Crippen LogP) is 4.15. The Balaban J connectivity index is 2.31. The van der Waals surface area contributed by atoms with Gasteiger partial charge < -0.3 is 0 Å². The normalized spacial score (nSPS) is 12.4. The molecule has 3 heteroatoms. The van der Waals surface area contributed by atoms with E-state index in [0.29, 0.717) is 0 Å². The molecule has 0 saturated carbocycles. The summed E-state index contributed by atoms with van der Waals surface area (Å²) in [5.41, 5.74) is 7.72. The molecule has 1 atom stereocenters. The Labute approximate surface area is 125 Å². The largest absolute Gasteiger partial charge is 0.271 e. The summed E-state index contributed by atoms with van der Waals surface area (Å²) in [7, 11) is 0. The third-order valence-corrected chi connectivity index (χ3v) is 3.80. The van der Waals surface area contributed by atoms with Crippen LogP contribution in [0.2, 0.25) is 5.02 Å². The zero-order valence-electron chi connectivity index (χ0n) is 12.0. The Hall–Kier alpha value is -1.35. The molecule has 2 rings (SSSR count). The molecule has 0 amide bonds. The SMILES string of the molecule is CCCc1ccc(C(NN)c2ccc(Cl)cc2C)cc1. The van der Waals surface area contributed by atoms with Crippen molar-refractivity contribution in [1.82, 2.24) is 5.43 Å². The van der Waals surface area contributed by atoms with Crippen molar-refractivity contribution in [1.29, 1.82) is 0 Å². The molecule has 0 aromatic heterocycles. The zero-order valence-corrected chi connectivity index (χ0v) is 12.7. The number of halogens is 1. The summed E-state index contributed by atoms with van der Waals surface area (Å²) in [4.78, 5) is 0. The maximum atomic E-state index is 6.01. The Kier molecular flexibility index (Phi) is 5.18. The third-order valence-electron chi connectivity index (χ3n) is 3.56. The average Bonchev–Trinajstić information content (AvgIpc) is 2.44. The summed E-state index contributed by atoms with van der Waals surface area (Å²) >= 11 is 6.01. The lowest BCUT2D eigenvalue weighted by atomic mass is 9.94. The van der Waals surface area contributed by atoms with Crippen LogP contribution in [-0.4, -0.2) is 0 Å². The minimum Gasteiger partial charge on any atom is -0.271 e. The highest BCUT2D eigenvalue weighted by molar-refractivity contribution is 6.30. The van der Waals surface area contributed by atoms with Crippen LogP contribution in [0.3, 0.4) is 0 Å². The first-order valence-electron chi connectivity index (χ1n) is 6.96. The average molecular weight is 289 g/mol. The molecular formula is C17H21ClN2. The van der Waals surface area contributed by atoms with Gasteiger partial charge in [0.25, 0.3) is 0 Å². The molecule has 0 spiro atoms. The van der Waals surface area contributed by atoms with E-state index in [-0.39, 0.29) is 6.04 Å². The van der Waals surface area contributed by atoms with Crippen molar-refractivity contribution in [2.45, 2.75) is 32.7 Å². The van der Waals surface area contributed by atoms with Gasteiger partial charge in [-0.2, -0.15) is 0 Å². The van der Waals surface area contributed by atoms with Crippen LogP contribution in [0.15, 0.2) is 42.5 Å². The second-order valence-corrected chi connectivity index (χ2v) is 5.53. The summed E-state index contributed by atoms with van der Waals surface area (Å²) in [5.74, 6) is 5.76. The van der Waals surface area contributed by atoms with Crippen LogP contribution in [0.25, 0.3) is 0 Å². The first-order valence-corrected chi connectivity index (χ1v) is 7.34. The second kappa shape index (κ2) is 6.89. The Morgan fingerprint density at radius 2 is 1.85 bits per heavy atom. The lowest BCUT2D eigenvalue weighted by Crippen LogP contribution is -2.29. The third kappa shape index (κ3) is 3.40. The lowest BCUT2D eigenvalue weighted by molar-refractivity contribution is 0.633. The van der Waals surface area contributed by atoms with Crippen LogP contribution < -0.4 is 11.3 Å². The van der Waals surface area contributed by atoms with Gasteiger partial charge in [-0.25, -0.2) is 5.43 Å². The summed E-state index contributed by atoms with van der Waals surface area (Å²) in [6.45, 7) is 4.24. The first-order chi connectivity index (χ1) is 9.65. The number of aryl methyl sites for hydroxylation is 2. The quantitative estimate of drug-likeness (QED) is 0.640. The molecule has 106 valence electrons. The van der Waals surface area contributed by atoms with E-state index in [1.54, 1.807) is 0 Å². The zero-order chi connectivity index (χ0) is 14.5. The Morgan fingerprint density at radius 3 is 2.40 bits per heavy atom. The number of nitrogens with one attached hydrogen (secondary N) is 1. The second-order valence-electron chi connectivity index (χ2n) is 5.09. The fourth-order valence-corrected chi connectivity index (χ4v) is 2.72. The molecule has 0 fully saturated rings. The van der Waals surface area contributed by atoms with Crippen molar-refractivity contribution in [2.75, 3.05) is 0 Å². The highest BCUT2D eigenvalue weighted by Crippen LogP contribution is 2.26. The van der Waals surface area contributed by atoms with Crippen LogP contribution in [0.4, 0.5) is 0 Å². The van der Waals surface area contributed by atoms with Gasteiger partial charge in [-0.05, 0) is 47.7 Å². The maximum Gasteiger partial charge on any atom is 0.0712 e. The summed E-state index contributed by atoms with van der Waals surface area (Å²) in [6.07, 6.45) is 2.27. The molecule has 0 heterocycles. The van der Waals surface area contributed by atoms with Crippen LogP contribution in [0.1, 0.15) is 41.6 Å². The van der Waals surface area contributed by atoms with Gasteiger partial charge in [-0.1, -0.05) is 55.3 Å². The van der Waals surface area contributed by atoms with Gasteiger partial charge in [0.1, 0.15) is 0 Å². The molecule has 0 radical (unpaired) electrons. The molecule has 2 nitrogen and oxygen atoms in total. The molecule has 1 unspecified atom stereocenters. The van der Waals surface area contributed by atoms with E-state index >= 15 is 0 Å². The lowest BCUT2D eigenvalue weighted by Gasteiger charge is -2.19. The van der Waals surface area contributed by atoms with E-state index in [2.05, 4.69) is 43.5 Å². The molecule has 2 aromatic carbocycles. The van der Waals surface area contributed by atoms with Gasteiger partial charge in [0.2, 0.25) is 0 Å². The number of hydrogen-bond donors (Lipinski definition) is 2. The minimum absolute atomic E-state index is 0.0112. The Bertz CT molecular complexity index is 564. The first kappa shape index (κ1) is 15.0. The molecule has 2 aromatic rings. The predicted molar refractivity (Wildman–Crippen MR) is 85.8 cm³/mol. The van der Waals surface area contributed by atoms with Crippen molar-refractivity contribution in [3.8, 4) is 0 Å². The number of benzene rings is 2. The number of nitrogens with two attached hydrogens (primary N) is 1. The van der Waals surface area contributed by atoms with Gasteiger partial charge in [0.05, 0.1) is 6.04 Å². The van der Waals surface area contributed by atoms with E-state index in [4.69, 9.17) is 17.4 Å². The van der Waals surface area contributed by atoms with Gasteiger partial charge in [-0.15, -0.1) is 0 Å². The van der Waals surface area contributed by atoms with Crippen molar-refractivity contribution in [3.63, 3.8) is 0 Å². The Morgan fingerprint density at radius 1 is 1.15 bits per heavy atom. The van der Waals surface area contributed by atoms with Crippen molar-refractivity contribution < 1.29 is 0 Å². The standard InChI is InChI=1S/C17H21ClN2/c1-3-4-13-5-7-14(8-6-13)17(20-19)16-10-9-15(18)11-12(16)2/h5-11,17,20H,3-4,19H2,1-2H3. The van der Waals surface area contributed by atoms with E-state index in [1.165, 1.54) is 5.56 Å². The summed E-state index contributed by atoms with van der Waals surface area (Å²) in [5, 5.41) is 0.750. The monoisotopic (exact) mass is 288 g/mol. The van der Waals surface area contributed by atoms with Crippen molar-refractivity contribution in [3.05, 3.63) is 69.7 Å². The fraction of sp³-hybridized carbons (Fsp3) is 0.294. The minimum atomic E-state index is -0.0112. The van der Waals surface area contributed by atoms with Crippen LogP contribution in [-0.2, 0) is 6.42 Å². The highest BCUT2D eigenvalue weighted by atomic mass is 35.5. The van der Waals surface area contributed by atoms with Crippen molar-refractivity contribution in [2.24, 2.45) is 5.84 Å². The molecule has 0 aliphatic carbocycles. The summed E-state index contributed by atoms with van der Waals surface area (Å²) in [6, 6.07) is 14.5. The molecular weight excluding hydrogens is 268 g/mol. The van der Waals surface area contributed by atoms with Crippen molar-refractivity contribution >= 4 is 11.6 Å². The number of hydrazine groups is 1. The molecule has 0 bridgehead atoms. The maximum absolute atomic E-state index is 6.01. The molecule has 20 heavy (non-hydrogen) atoms. The van der Waals surface area contributed by atoms with Gasteiger partial charge >= 0.3 is 0 Å². The van der Waals surface area contributed by atoms with E-state index < -0.39 is 0 Å². The van der Waals surface area contributed by atoms with Gasteiger partial charge in [0, 0.05) is 5.02 Å². The number of hydrogen-bond acceptors (Lipinski definition) is 2. The van der Waals surface area contributed by atoms with E-state index in [1.807, 2.05) is 18.2 Å². The number of rotatable bonds is 5. The molecule has 0 saturated heterocycles. The molecule has 0 aliphatic rings. The smallest absolute Gasteiger partial charge is 0.0712 e. The fourth-order valence-electron chi connectivity index (χ4n) is 2.49. The van der Waals surface area contributed by atoms with Crippen LogP contribution in [0.5, 0.6) is 0 Å². The molecule has 0 aliphatic heterocycles. The summed E-state index contributed by atoms with van der Waals surface area (Å²) < 4.78 is 0. The topological polar surface area (TPSA) is 38.0 Å². The van der Waals surface area contributed by atoms with Crippen LogP contribution in [0, 0.1) is 6.92 Å².